The third-order valence-electron chi connectivity index (χ3n) is 1.68. The van der Waals surface area contributed by atoms with Crippen LogP contribution in [0.1, 0.15) is 5.69 Å². The van der Waals surface area contributed by atoms with Gasteiger partial charge < -0.3 is 14.6 Å². The van der Waals surface area contributed by atoms with E-state index in [1.54, 1.807) is 0 Å². The summed E-state index contributed by atoms with van der Waals surface area (Å²) >= 11 is 0. The highest BCUT2D eigenvalue weighted by Crippen LogP contribution is 2.24. The number of rotatable bonds is 3. The van der Waals surface area contributed by atoms with E-state index in [-0.39, 0.29) is 18.1 Å². The number of hydrogen-bond donors (Lipinski definition) is 1. The molecule has 1 heterocycles. The Morgan fingerprint density at radius 2 is 2.29 bits per heavy atom. The molecule has 0 aliphatic heterocycles. The second-order valence-electron chi connectivity index (χ2n) is 2.60. The number of esters is 1. The monoisotopic (exact) mass is 197 g/mol. The molecule has 1 rings (SSSR count). The van der Waals surface area contributed by atoms with Crippen molar-refractivity contribution in [3.05, 3.63) is 18.0 Å². The second-order valence-corrected chi connectivity index (χ2v) is 2.60. The molecule has 0 spiro atoms. The molecule has 0 radical (unpaired) electrons. The van der Waals surface area contributed by atoms with E-state index in [0.29, 0.717) is 11.4 Å². The third-order valence-corrected chi connectivity index (χ3v) is 1.68. The van der Waals surface area contributed by atoms with Gasteiger partial charge in [0.05, 0.1) is 32.5 Å². The van der Waals surface area contributed by atoms with Crippen LogP contribution in [0.25, 0.3) is 0 Å². The molecule has 5 nitrogen and oxygen atoms in total. The first-order chi connectivity index (χ1) is 6.67. The summed E-state index contributed by atoms with van der Waals surface area (Å²) < 4.78 is 9.33. The van der Waals surface area contributed by atoms with Crippen LogP contribution in [0.5, 0.6) is 11.5 Å². The quantitative estimate of drug-likeness (QED) is 0.715. The standard InChI is InChI=1S/C9H11NO4/c1-13-8-3-6(4-9(12)14-2)10-5-7(8)11/h3,5,11H,4H2,1-2H3. The van der Waals surface area contributed by atoms with Gasteiger partial charge in [-0.3, -0.25) is 9.78 Å². The fourth-order valence-electron chi connectivity index (χ4n) is 0.950. The topological polar surface area (TPSA) is 68.7 Å². The minimum Gasteiger partial charge on any atom is -0.503 e. The molecule has 1 aromatic rings. The maximum absolute atomic E-state index is 10.9. The minimum atomic E-state index is -0.384. The fraction of sp³-hybridized carbons (Fsp3) is 0.333. The molecule has 0 atom stereocenters. The maximum Gasteiger partial charge on any atom is 0.311 e. The van der Waals surface area contributed by atoms with Gasteiger partial charge in [0.2, 0.25) is 0 Å². The Morgan fingerprint density at radius 3 is 2.86 bits per heavy atom. The van der Waals surface area contributed by atoms with E-state index in [9.17, 15) is 9.90 Å². The summed E-state index contributed by atoms with van der Waals surface area (Å²) in [5.41, 5.74) is 0.492. The second kappa shape index (κ2) is 4.45. The molecule has 0 fully saturated rings. The molecule has 1 aromatic heterocycles. The zero-order valence-corrected chi connectivity index (χ0v) is 7.98. The van der Waals surface area contributed by atoms with E-state index in [2.05, 4.69) is 9.72 Å². The van der Waals surface area contributed by atoms with Gasteiger partial charge in [0.15, 0.2) is 11.5 Å². The fourth-order valence-corrected chi connectivity index (χ4v) is 0.950. The molecule has 0 aromatic carbocycles. The summed E-state index contributed by atoms with van der Waals surface area (Å²) in [6, 6.07) is 1.49. The van der Waals surface area contributed by atoms with Crippen molar-refractivity contribution >= 4 is 5.97 Å². The lowest BCUT2D eigenvalue weighted by Gasteiger charge is -2.04. The molecular formula is C9H11NO4. The Kier molecular flexibility index (Phi) is 3.28. The minimum absolute atomic E-state index is 0.0545. The zero-order valence-electron chi connectivity index (χ0n) is 7.98. The van der Waals surface area contributed by atoms with Crippen LogP contribution in [0.15, 0.2) is 12.3 Å². The SMILES string of the molecule is COC(=O)Cc1cc(OC)c(O)cn1. The molecule has 0 unspecified atom stereocenters. The Morgan fingerprint density at radius 1 is 1.57 bits per heavy atom. The van der Waals surface area contributed by atoms with Crippen molar-refractivity contribution in [2.24, 2.45) is 0 Å². The average Bonchev–Trinajstić information content (AvgIpc) is 2.20. The van der Waals surface area contributed by atoms with Gasteiger partial charge in [0.1, 0.15) is 0 Å². The summed E-state index contributed by atoms with van der Waals surface area (Å²) in [4.78, 5) is 14.7. The molecule has 0 aliphatic carbocycles. The van der Waals surface area contributed by atoms with Crippen LogP contribution in [0.3, 0.4) is 0 Å². The molecule has 1 N–H and O–H groups in total. The molecular weight excluding hydrogens is 186 g/mol. The Balaban J connectivity index is 2.84. The van der Waals surface area contributed by atoms with Crippen molar-refractivity contribution < 1.29 is 19.4 Å². The lowest BCUT2D eigenvalue weighted by molar-refractivity contribution is -0.139. The summed E-state index contributed by atoms with van der Waals surface area (Å²) in [6.45, 7) is 0. The number of methoxy groups -OCH3 is 2. The number of carbonyl (C=O) groups is 1. The van der Waals surface area contributed by atoms with Crippen LogP contribution >= 0.6 is 0 Å². The Bertz CT molecular complexity index is 338. The lowest BCUT2D eigenvalue weighted by Crippen LogP contribution is -2.06. The highest BCUT2D eigenvalue weighted by Gasteiger charge is 2.08. The van der Waals surface area contributed by atoms with Crippen LogP contribution in [0.4, 0.5) is 0 Å². The van der Waals surface area contributed by atoms with Crippen LogP contribution in [-0.4, -0.2) is 30.3 Å². The van der Waals surface area contributed by atoms with E-state index in [1.807, 2.05) is 0 Å². The number of aromatic nitrogens is 1. The predicted octanol–water partition coefficient (Wildman–Crippen LogP) is 0.511. The van der Waals surface area contributed by atoms with Gasteiger partial charge in [-0.2, -0.15) is 0 Å². The number of ether oxygens (including phenoxy) is 2. The first kappa shape index (κ1) is 10.3. The van der Waals surface area contributed by atoms with Crippen molar-refractivity contribution in [3.63, 3.8) is 0 Å². The smallest absolute Gasteiger partial charge is 0.311 e. The maximum atomic E-state index is 10.9. The summed E-state index contributed by atoms with van der Waals surface area (Å²) in [5.74, 6) is -0.148. The number of nitrogens with zero attached hydrogens (tertiary/aromatic N) is 1. The van der Waals surface area contributed by atoms with Gasteiger partial charge in [-0.05, 0) is 0 Å². The van der Waals surface area contributed by atoms with E-state index in [0.717, 1.165) is 0 Å². The molecule has 0 bridgehead atoms. The Hall–Kier alpha value is -1.78. The number of hydrogen-bond acceptors (Lipinski definition) is 5. The van der Waals surface area contributed by atoms with E-state index >= 15 is 0 Å². The van der Waals surface area contributed by atoms with Crippen molar-refractivity contribution in [1.82, 2.24) is 4.98 Å². The summed E-state index contributed by atoms with van der Waals surface area (Å²) in [7, 11) is 2.73. The highest BCUT2D eigenvalue weighted by atomic mass is 16.5. The molecule has 5 heteroatoms. The average molecular weight is 197 g/mol. The van der Waals surface area contributed by atoms with Crippen molar-refractivity contribution in [3.8, 4) is 11.5 Å². The molecule has 76 valence electrons. The van der Waals surface area contributed by atoms with E-state index < -0.39 is 0 Å². The van der Waals surface area contributed by atoms with Gasteiger partial charge in [-0.15, -0.1) is 0 Å². The van der Waals surface area contributed by atoms with Crippen molar-refractivity contribution in [2.75, 3.05) is 14.2 Å². The number of aromatic hydroxyl groups is 1. The zero-order chi connectivity index (χ0) is 10.6. The van der Waals surface area contributed by atoms with Crippen LogP contribution in [-0.2, 0) is 16.0 Å². The Labute approximate surface area is 81.3 Å². The summed E-state index contributed by atoms with van der Waals surface area (Å²) in [5, 5.41) is 9.22. The van der Waals surface area contributed by atoms with E-state index in [4.69, 9.17) is 4.74 Å². The van der Waals surface area contributed by atoms with Gasteiger partial charge in [0.25, 0.3) is 0 Å². The number of pyridine rings is 1. The molecule has 0 amide bonds. The summed E-state index contributed by atoms with van der Waals surface area (Å²) in [6.07, 6.45) is 1.30. The van der Waals surface area contributed by atoms with Gasteiger partial charge in [-0.1, -0.05) is 0 Å². The largest absolute Gasteiger partial charge is 0.503 e. The molecule has 0 saturated carbocycles. The van der Waals surface area contributed by atoms with Crippen LogP contribution in [0, 0.1) is 0 Å². The lowest BCUT2D eigenvalue weighted by atomic mass is 10.2. The normalized spacial score (nSPS) is 9.57. The molecule has 0 saturated heterocycles. The molecule has 0 aliphatic rings. The van der Waals surface area contributed by atoms with Crippen LogP contribution < -0.4 is 4.74 Å². The van der Waals surface area contributed by atoms with Gasteiger partial charge in [-0.25, -0.2) is 0 Å². The van der Waals surface area contributed by atoms with E-state index in [1.165, 1.54) is 26.5 Å². The number of carbonyl (C=O) groups excluding carboxylic acids is 1. The van der Waals surface area contributed by atoms with Crippen LogP contribution in [0.2, 0.25) is 0 Å². The van der Waals surface area contributed by atoms with Gasteiger partial charge >= 0.3 is 5.97 Å². The molecule has 14 heavy (non-hydrogen) atoms. The predicted molar refractivity (Wildman–Crippen MR) is 48.2 cm³/mol. The third kappa shape index (κ3) is 2.35. The van der Waals surface area contributed by atoms with Crippen molar-refractivity contribution in [2.45, 2.75) is 6.42 Å². The first-order valence-electron chi connectivity index (χ1n) is 3.96. The highest BCUT2D eigenvalue weighted by molar-refractivity contribution is 5.72. The first-order valence-corrected chi connectivity index (χ1v) is 3.96. The van der Waals surface area contributed by atoms with Crippen molar-refractivity contribution in [1.29, 1.82) is 0 Å². The van der Waals surface area contributed by atoms with Gasteiger partial charge in [0, 0.05) is 6.07 Å².